The van der Waals surface area contributed by atoms with E-state index in [1.807, 2.05) is 0 Å². The van der Waals surface area contributed by atoms with Crippen LogP contribution in [0.4, 0.5) is 0 Å². The molecule has 1 aromatic rings. The van der Waals surface area contributed by atoms with E-state index in [0.29, 0.717) is 16.9 Å². The summed E-state index contributed by atoms with van der Waals surface area (Å²) in [6.07, 6.45) is -1.11. The minimum atomic E-state index is -1.42. The van der Waals surface area contributed by atoms with E-state index in [2.05, 4.69) is 12.6 Å². The Morgan fingerprint density at radius 1 is 1.56 bits per heavy atom. The highest BCUT2D eigenvalue weighted by Gasteiger charge is 2.38. The molecule has 1 aliphatic carbocycles. The van der Waals surface area contributed by atoms with Gasteiger partial charge in [-0.25, -0.2) is 0 Å². The number of nitrogens with two attached hydrogens (primary N) is 1. The summed E-state index contributed by atoms with van der Waals surface area (Å²) in [6, 6.07) is 5.16. The number of ketones is 1. The quantitative estimate of drug-likeness (QED) is 0.642. The van der Waals surface area contributed by atoms with E-state index in [1.165, 1.54) is 0 Å². The van der Waals surface area contributed by atoms with Gasteiger partial charge in [-0.1, -0.05) is 12.1 Å². The van der Waals surface area contributed by atoms with Crippen LogP contribution in [0.25, 0.3) is 0 Å². The van der Waals surface area contributed by atoms with Crippen molar-refractivity contribution < 1.29 is 14.7 Å². The molecule has 0 fully saturated rings. The molecule has 0 bridgehead atoms. The first-order valence-corrected chi connectivity index (χ1v) is 5.29. The number of thiol groups is 1. The highest BCUT2D eigenvalue weighted by atomic mass is 32.1. The number of aliphatic hydroxyl groups is 1. The highest BCUT2D eigenvalue weighted by Crippen LogP contribution is 2.32. The second-order valence-electron chi connectivity index (χ2n) is 3.83. The molecule has 84 valence electrons. The summed E-state index contributed by atoms with van der Waals surface area (Å²) in [4.78, 5) is 23.5. The standard InChI is InChI=1S/C11H11NO3S/c12-11(15)10(14)7-4-6-5(9(7)13)2-1-3-8(6)16/h1-3,7,10,14,16H,4H2,(H2,12,15). The molecule has 3 N–H and O–H groups in total. The Labute approximate surface area is 97.9 Å². The summed E-state index contributed by atoms with van der Waals surface area (Å²) in [5.74, 6) is -1.87. The lowest BCUT2D eigenvalue weighted by molar-refractivity contribution is -0.127. The van der Waals surface area contributed by atoms with Crippen LogP contribution in [0.2, 0.25) is 0 Å². The number of fused-ring (bicyclic) bond motifs is 1. The van der Waals surface area contributed by atoms with Crippen LogP contribution < -0.4 is 5.73 Å². The Hall–Kier alpha value is -1.33. The maximum Gasteiger partial charge on any atom is 0.247 e. The summed E-state index contributed by atoms with van der Waals surface area (Å²) < 4.78 is 0. The molecule has 0 saturated heterocycles. The average molecular weight is 237 g/mol. The number of aliphatic hydroxyl groups excluding tert-OH is 1. The van der Waals surface area contributed by atoms with Crippen molar-refractivity contribution in [1.82, 2.24) is 0 Å². The number of primary amides is 1. The SMILES string of the molecule is NC(=O)C(O)C1Cc2c(S)cccc2C1=O. The molecule has 1 aromatic carbocycles. The fraction of sp³-hybridized carbons (Fsp3) is 0.273. The third-order valence-corrected chi connectivity index (χ3v) is 3.27. The second kappa shape index (κ2) is 3.92. The first kappa shape index (κ1) is 11.2. The van der Waals surface area contributed by atoms with E-state index in [0.717, 1.165) is 5.56 Å². The summed E-state index contributed by atoms with van der Waals surface area (Å²) >= 11 is 4.24. The first-order valence-electron chi connectivity index (χ1n) is 4.85. The third-order valence-electron chi connectivity index (χ3n) is 2.85. The Bertz CT molecular complexity index is 472. The lowest BCUT2D eigenvalue weighted by Crippen LogP contribution is -2.37. The van der Waals surface area contributed by atoms with Crippen molar-refractivity contribution in [3.05, 3.63) is 29.3 Å². The van der Waals surface area contributed by atoms with Gasteiger partial charge in [0, 0.05) is 10.5 Å². The number of Topliss-reactive ketones (excluding diaryl/α,β-unsaturated/α-hetero) is 1. The molecular formula is C11H11NO3S. The fourth-order valence-corrected chi connectivity index (χ4v) is 2.28. The van der Waals surface area contributed by atoms with Gasteiger partial charge >= 0.3 is 0 Å². The van der Waals surface area contributed by atoms with E-state index < -0.39 is 17.9 Å². The predicted molar refractivity (Wildman–Crippen MR) is 60.4 cm³/mol. The van der Waals surface area contributed by atoms with Gasteiger partial charge in [-0.05, 0) is 18.1 Å². The Morgan fingerprint density at radius 3 is 2.81 bits per heavy atom. The maximum atomic E-state index is 11.9. The Morgan fingerprint density at radius 2 is 2.25 bits per heavy atom. The lowest BCUT2D eigenvalue weighted by atomic mass is 9.98. The van der Waals surface area contributed by atoms with Crippen LogP contribution in [0.1, 0.15) is 15.9 Å². The number of hydrogen-bond donors (Lipinski definition) is 3. The Balaban J connectivity index is 2.38. The molecule has 5 heteroatoms. The minimum absolute atomic E-state index is 0.239. The zero-order chi connectivity index (χ0) is 11.9. The molecule has 0 aromatic heterocycles. The molecule has 4 nitrogen and oxygen atoms in total. The van der Waals surface area contributed by atoms with Crippen LogP contribution in [-0.2, 0) is 11.2 Å². The van der Waals surface area contributed by atoms with E-state index in [4.69, 9.17) is 5.73 Å². The molecule has 1 aliphatic rings. The summed E-state index contributed by atoms with van der Waals surface area (Å²) in [5.41, 5.74) is 6.30. The van der Waals surface area contributed by atoms with Gasteiger partial charge in [0.05, 0.1) is 5.92 Å². The molecule has 0 radical (unpaired) electrons. The molecule has 1 amide bonds. The van der Waals surface area contributed by atoms with Crippen molar-refractivity contribution in [2.75, 3.05) is 0 Å². The summed E-state index contributed by atoms with van der Waals surface area (Å²) in [5, 5.41) is 9.54. The molecule has 2 unspecified atom stereocenters. The van der Waals surface area contributed by atoms with Gasteiger partial charge in [-0.3, -0.25) is 9.59 Å². The molecule has 16 heavy (non-hydrogen) atoms. The Kier molecular flexibility index (Phi) is 2.73. The molecule has 0 aliphatic heterocycles. The molecule has 2 atom stereocenters. The van der Waals surface area contributed by atoms with E-state index in [9.17, 15) is 14.7 Å². The summed E-state index contributed by atoms with van der Waals surface area (Å²) in [7, 11) is 0. The number of hydrogen-bond acceptors (Lipinski definition) is 4. The van der Waals surface area contributed by atoms with Crippen molar-refractivity contribution >= 4 is 24.3 Å². The number of carbonyl (C=O) groups is 2. The first-order chi connectivity index (χ1) is 7.52. The predicted octanol–water partition coefficient (Wildman–Crippen LogP) is 0.176. The van der Waals surface area contributed by atoms with Crippen LogP contribution in [0.5, 0.6) is 0 Å². The zero-order valence-corrected chi connectivity index (χ0v) is 9.28. The normalized spacial score (nSPS) is 20.6. The van der Waals surface area contributed by atoms with Crippen LogP contribution in [0, 0.1) is 5.92 Å². The van der Waals surface area contributed by atoms with Crippen LogP contribution >= 0.6 is 12.6 Å². The van der Waals surface area contributed by atoms with E-state index >= 15 is 0 Å². The number of amides is 1. The van der Waals surface area contributed by atoms with Gasteiger partial charge < -0.3 is 10.8 Å². The minimum Gasteiger partial charge on any atom is -0.382 e. The topological polar surface area (TPSA) is 80.4 Å². The van der Waals surface area contributed by atoms with Gasteiger partial charge in [0.2, 0.25) is 5.91 Å². The second-order valence-corrected chi connectivity index (χ2v) is 4.31. The monoisotopic (exact) mass is 237 g/mol. The average Bonchev–Trinajstić information content (AvgIpc) is 2.57. The summed E-state index contributed by atoms with van der Waals surface area (Å²) in [6.45, 7) is 0. The van der Waals surface area contributed by atoms with Gasteiger partial charge in [0.25, 0.3) is 0 Å². The zero-order valence-electron chi connectivity index (χ0n) is 8.38. The third kappa shape index (κ3) is 1.62. The molecule has 0 saturated carbocycles. The van der Waals surface area contributed by atoms with E-state index in [-0.39, 0.29) is 5.78 Å². The van der Waals surface area contributed by atoms with E-state index in [1.54, 1.807) is 18.2 Å². The molecular weight excluding hydrogens is 226 g/mol. The van der Waals surface area contributed by atoms with Crippen molar-refractivity contribution in [1.29, 1.82) is 0 Å². The maximum absolute atomic E-state index is 11.9. The van der Waals surface area contributed by atoms with Crippen molar-refractivity contribution in [2.24, 2.45) is 11.7 Å². The van der Waals surface area contributed by atoms with Crippen molar-refractivity contribution in [3.63, 3.8) is 0 Å². The van der Waals surface area contributed by atoms with Gasteiger partial charge in [0.15, 0.2) is 5.78 Å². The number of benzene rings is 1. The lowest BCUT2D eigenvalue weighted by Gasteiger charge is -2.12. The van der Waals surface area contributed by atoms with Crippen molar-refractivity contribution in [3.8, 4) is 0 Å². The molecule has 0 heterocycles. The van der Waals surface area contributed by atoms with Crippen molar-refractivity contribution in [2.45, 2.75) is 17.4 Å². The fourth-order valence-electron chi connectivity index (χ4n) is 1.99. The number of carbonyl (C=O) groups excluding carboxylic acids is 2. The van der Waals surface area contributed by atoms with Gasteiger partial charge in [-0.2, -0.15) is 0 Å². The smallest absolute Gasteiger partial charge is 0.247 e. The van der Waals surface area contributed by atoms with Crippen LogP contribution in [0.3, 0.4) is 0 Å². The molecule has 0 spiro atoms. The highest BCUT2D eigenvalue weighted by molar-refractivity contribution is 7.80. The van der Waals surface area contributed by atoms with Gasteiger partial charge in [0.1, 0.15) is 6.10 Å². The van der Waals surface area contributed by atoms with Crippen LogP contribution in [0.15, 0.2) is 23.1 Å². The largest absolute Gasteiger partial charge is 0.382 e. The number of rotatable bonds is 2. The molecule has 2 rings (SSSR count). The van der Waals surface area contributed by atoms with Crippen LogP contribution in [-0.4, -0.2) is 22.9 Å². The van der Waals surface area contributed by atoms with Gasteiger partial charge in [-0.15, -0.1) is 12.6 Å².